The summed E-state index contributed by atoms with van der Waals surface area (Å²) in [6.45, 7) is 1.13. The molecule has 2 aromatic heterocycles. The zero-order valence-electron chi connectivity index (χ0n) is 10.9. The van der Waals surface area contributed by atoms with E-state index in [9.17, 15) is 9.59 Å². The first-order valence-corrected chi connectivity index (χ1v) is 6.57. The molecule has 1 atom stereocenters. The third-order valence-electron chi connectivity index (χ3n) is 3.68. The summed E-state index contributed by atoms with van der Waals surface area (Å²) in [5, 5.41) is 9.12. The highest BCUT2D eigenvalue weighted by atomic mass is 16.3. The molecule has 3 heterocycles. The molecule has 20 heavy (non-hydrogen) atoms. The maximum absolute atomic E-state index is 12.4. The Labute approximate surface area is 115 Å². The Bertz CT molecular complexity index is 710. The van der Waals surface area contributed by atoms with Gasteiger partial charge in [-0.15, -0.1) is 0 Å². The second-order valence-electron chi connectivity index (χ2n) is 4.99. The monoisotopic (exact) mass is 273 g/mol. The molecule has 0 radical (unpaired) electrons. The number of amides is 1. The van der Waals surface area contributed by atoms with Gasteiger partial charge < -0.3 is 10.0 Å². The summed E-state index contributed by atoms with van der Waals surface area (Å²) in [6, 6.07) is 5.23. The number of hydrogen-bond donors (Lipinski definition) is 1. The molecular weight excluding hydrogens is 258 g/mol. The summed E-state index contributed by atoms with van der Waals surface area (Å²) in [4.78, 5) is 30.4. The Morgan fingerprint density at radius 3 is 3.05 bits per heavy atom. The average molecular weight is 273 g/mol. The Balaban J connectivity index is 1.96. The number of carbonyl (C=O) groups excluding carboxylic acids is 1. The smallest absolute Gasteiger partial charge is 0.270 e. The maximum atomic E-state index is 12.4. The predicted octanol–water partition coefficient (Wildman–Crippen LogP) is 0.149. The number of aliphatic hydroxyl groups is 1. The molecule has 6 nitrogen and oxygen atoms in total. The Morgan fingerprint density at radius 2 is 2.30 bits per heavy atom. The fraction of sp³-hybridized carbons (Fsp3) is 0.357. The van der Waals surface area contributed by atoms with E-state index in [0.29, 0.717) is 18.7 Å². The molecule has 3 rings (SSSR count). The summed E-state index contributed by atoms with van der Waals surface area (Å²) in [7, 11) is 0. The van der Waals surface area contributed by atoms with E-state index in [1.165, 1.54) is 10.6 Å². The minimum Gasteiger partial charge on any atom is -0.396 e. The third-order valence-corrected chi connectivity index (χ3v) is 3.68. The van der Waals surface area contributed by atoms with Crippen LogP contribution in [0.2, 0.25) is 0 Å². The van der Waals surface area contributed by atoms with Crippen LogP contribution in [-0.2, 0) is 0 Å². The molecular formula is C14H15N3O3. The number of nitrogens with zero attached hydrogens (tertiary/aromatic N) is 3. The average Bonchev–Trinajstić information content (AvgIpc) is 2.96. The molecule has 1 amide bonds. The topological polar surface area (TPSA) is 74.9 Å². The van der Waals surface area contributed by atoms with Crippen molar-refractivity contribution in [1.82, 2.24) is 14.3 Å². The van der Waals surface area contributed by atoms with Gasteiger partial charge in [0.05, 0.1) is 0 Å². The van der Waals surface area contributed by atoms with Crippen LogP contribution in [-0.4, -0.2) is 45.0 Å². The highest BCUT2D eigenvalue weighted by Crippen LogP contribution is 2.17. The highest BCUT2D eigenvalue weighted by Gasteiger charge is 2.28. The van der Waals surface area contributed by atoms with E-state index >= 15 is 0 Å². The molecule has 1 unspecified atom stereocenters. The molecule has 2 aromatic rings. The largest absolute Gasteiger partial charge is 0.396 e. The lowest BCUT2D eigenvalue weighted by Crippen LogP contribution is -2.34. The van der Waals surface area contributed by atoms with Crippen LogP contribution in [0.25, 0.3) is 5.65 Å². The van der Waals surface area contributed by atoms with Gasteiger partial charge in [-0.1, -0.05) is 6.07 Å². The Kier molecular flexibility index (Phi) is 3.23. The first kappa shape index (κ1) is 12.8. The van der Waals surface area contributed by atoms with E-state index in [0.717, 1.165) is 6.42 Å². The van der Waals surface area contributed by atoms with Gasteiger partial charge in [0.2, 0.25) is 0 Å². The SMILES string of the molecule is O=C(c1cnc2ccccn2c1=O)N1CCC(CO)C1. The minimum absolute atomic E-state index is 0.0682. The zero-order valence-corrected chi connectivity index (χ0v) is 10.9. The van der Waals surface area contributed by atoms with Gasteiger partial charge in [-0.05, 0) is 18.6 Å². The second kappa shape index (κ2) is 5.05. The van der Waals surface area contributed by atoms with Crippen molar-refractivity contribution < 1.29 is 9.90 Å². The predicted molar refractivity (Wildman–Crippen MR) is 72.6 cm³/mol. The number of likely N-dealkylation sites (tertiary alicyclic amines) is 1. The summed E-state index contributed by atoms with van der Waals surface area (Å²) < 4.78 is 1.37. The van der Waals surface area contributed by atoms with Crippen molar-refractivity contribution >= 4 is 11.6 Å². The molecule has 1 aliphatic rings. The number of aliphatic hydroxyl groups excluding tert-OH is 1. The molecule has 0 aliphatic carbocycles. The van der Waals surface area contributed by atoms with Crippen LogP contribution >= 0.6 is 0 Å². The summed E-state index contributed by atoms with van der Waals surface area (Å²) in [6.07, 6.45) is 3.71. The van der Waals surface area contributed by atoms with Crippen LogP contribution in [0.4, 0.5) is 0 Å². The molecule has 0 aromatic carbocycles. The van der Waals surface area contributed by atoms with Gasteiger partial charge >= 0.3 is 0 Å². The Hall–Kier alpha value is -2.21. The van der Waals surface area contributed by atoms with Crippen LogP contribution in [0.3, 0.4) is 0 Å². The molecule has 1 aliphatic heterocycles. The quantitative estimate of drug-likeness (QED) is 0.845. The highest BCUT2D eigenvalue weighted by molar-refractivity contribution is 5.94. The van der Waals surface area contributed by atoms with Gasteiger partial charge in [-0.25, -0.2) is 4.98 Å². The molecule has 1 saturated heterocycles. The van der Waals surface area contributed by atoms with Gasteiger partial charge in [-0.3, -0.25) is 14.0 Å². The van der Waals surface area contributed by atoms with E-state index in [-0.39, 0.29) is 29.6 Å². The van der Waals surface area contributed by atoms with Crippen molar-refractivity contribution in [1.29, 1.82) is 0 Å². The number of fused-ring (bicyclic) bond motifs is 1. The molecule has 1 fully saturated rings. The summed E-state index contributed by atoms with van der Waals surface area (Å²) in [5.74, 6) is -0.202. The zero-order chi connectivity index (χ0) is 14.1. The van der Waals surface area contributed by atoms with Crippen molar-refractivity contribution in [2.75, 3.05) is 19.7 Å². The fourth-order valence-corrected chi connectivity index (χ4v) is 2.51. The molecule has 104 valence electrons. The van der Waals surface area contributed by atoms with Gasteiger partial charge in [0.15, 0.2) is 0 Å². The second-order valence-corrected chi connectivity index (χ2v) is 4.99. The lowest BCUT2D eigenvalue weighted by molar-refractivity contribution is 0.0779. The van der Waals surface area contributed by atoms with Crippen molar-refractivity contribution in [3.05, 3.63) is 46.5 Å². The van der Waals surface area contributed by atoms with Crippen molar-refractivity contribution in [3.63, 3.8) is 0 Å². The maximum Gasteiger partial charge on any atom is 0.270 e. The van der Waals surface area contributed by atoms with Gasteiger partial charge in [0, 0.05) is 38.0 Å². The first-order valence-electron chi connectivity index (χ1n) is 6.57. The third kappa shape index (κ3) is 2.08. The van der Waals surface area contributed by atoms with Gasteiger partial charge in [0.25, 0.3) is 11.5 Å². The molecule has 0 spiro atoms. The number of hydrogen-bond acceptors (Lipinski definition) is 4. The van der Waals surface area contributed by atoms with Gasteiger partial charge in [0.1, 0.15) is 11.2 Å². The summed E-state index contributed by atoms with van der Waals surface area (Å²) >= 11 is 0. The van der Waals surface area contributed by atoms with Gasteiger partial charge in [-0.2, -0.15) is 0 Å². The summed E-state index contributed by atoms with van der Waals surface area (Å²) in [5.41, 5.74) is 0.240. The first-order chi connectivity index (χ1) is 9.70. The molecule has 1 N–H and O–H groups in total. The number of rotatable bonds is 2. The van der Waals surface area contributed by atoms with E-state index in [2.05, 4.69) is 4.98 Å². The molecule has 6 heteroatoms. The normalized spacial score (nSPS) is 18.6. The van der Waals surface area contributed by atoms with Crippen LogP contribution in [0.15, 0.2) is 35.4 Å². The number of pyridine rings is 1. The lowest BCUT2D eigenvalue weighted by atomic mass is 10.1. The molecule has 0 saturated carbocycles. The van der Waals surface area contributed by atoms with E-state index < -0.39 is 0 Å². The van der Waals surface area contributed by atoms with E-state index in [4.69, 9.17) is 5.11 Å². The van der Waals surface area contributed by atoms with Crippen molar-refractivity contribution in [2.24, 2.45) is 5.92 Å². The van der Waals surface area contributed by atoms with Crippen molar-refractivity contribution in [3.8, 4) is 0 Å². The van der Waals surface area contributed by atoms with E-state index in [1.807, 2.05) is 0 Å². The van der Waals surface area contributed by atoms with E-state index in [1.54, 1.807) is 29.3 Å². The lowest BCUT2D eigenvalue weighted by Gasteiger charge is -2.15. The minimum atomic E-state index is -0.354. The number of carbonyl (C=O) groups is 1. The molecule has 0 bridgehead atoms. The Morgan fingerprint density at radius 1 is 1.45 bits per heavy atom. The fourth-order valence-electron chi connectivity index (χ4n) is 2.51. The van der Waals surface area contributed by atoms with Crippen molar-refractivity contribution in [2.45, 2.75) is 6.42 Å². The standard InChI is InChI=1S/C14H15N3O3/c18-9-10-4-6-16(8-10)13(19)11-7-15-12-3-1-2-5-17(12)14(11)20/h1-3,5,7,10,18H,4,6,8-9H2. The van der Waals surface area contributed by atoms with Crippen LogP contribution < -0.4 is 5.56 Å². The van der Waals surface area contributed by atoms with Crippen LogP contribution in [0.5, 0.6) is 0 Å². The number of aromatic nitrogens is 2. The van der Waals surface area contributed by atoms with Crippen LogP contribution in [0, 0.1) is 5.92 Å². The van der Waals surface area contributed by atoms with Crippen LogP contribution in [0.1, 0.15) is 16.8 Å².